The molecule has 0 aliphatic heterocycles. The van der Waals surface area contributed by atoms with Gasteiger partial charge in [-0.25, -0.2) is 0 Å². The SMILES string of the molecule is CN(C(=O)c1nnn(-c2ccc(Cl)cc2)n1)c1ccccc1. The van der Waals surface area contributed by atoms with Crippen LogP contribution in [0.25, 0.3) is 5.69 Å². The summed E-state index contributed by atoms with van der Waals surface area (Å²) >= 11 is 5.84. The second-order valence-electron chi connectivity index (χ2n) is 4.58. The summed E-state index contributed by atoms with van der Waals surface area (Å²) in [5.74, 6) is -0.298. The van der Waals surface area contributed by atoms with Gasteiger partial charge >= 0.3 is 0 Å². The molecule has 0 aliphatic rings. The zero-order valence-corrected chi connectivity index (χ0v) is 12.5. The molecule has 0 aliphatic carbocycles. The van der Waals surface area contributed by atoms with Gasteiger partial charge in [0.25, 0.3) is 11.7 Å². The zero-order chi connectivity index (χ0) is 15.5. The molecule has 0 bridgehead atoms. The van der Waals surface area contributed by atoms with Gasteiger partial charge in [-0.05, 0) is 41.6 Å². The van der Waals surface area contributed by atoms with Gasteiger partial charge < -0.3 is 4.90 Å². The van der Waals surface area contributed by atoms with Gasteiger partial charge in [-0.3, -0.25) is 4.79 Å². The van der Waals surface area contributed by atoms with E-state index in [4.69, 9.17) is 11.6 Å². The third-order valence-corrected chi connectivity index (χ3v) is 3.36. The topological polar surface area (TPSA) is 63.9 Å². The maximum Gasteiger partial charge on any atom is 0.299 e. The van der Waals surface area contributed by atoms with E-state index in [-0.39, 0.29) is 11.7 Å². The maximum absolute atomic E-state index is 12.4. The lowest BCUT2D eigenvalue weighted by Crippen LogP contribution is -2.27. The fourth-order valence-electron chi connectivity index (χ4n) is 1.90. The largest absolute Gasteiger partial charge is 0.309 e. The summed E-state index contributed by atoms with van der Waals surface area (Å²) in [6.07, 6.45) is 0. The first-order chi connectivity index (χ1) is 10.6. The van der Waals surface area contributed by atoms with Crippen molar-refractivity contribution in [2.75, 3.05) is 11.9 Å². The minimum Gasteiger partial charge on any atom is -0.309 e. The number of hydrogen-bond donors (Lipinski definition) is 0. The highest BCUT2D eigenvalue weighted by atomic mass is 35.5. The summed E-state index contributed by atoms with van der Waals surface area (Å²) in [6, 6.07) is 16.2. The minimum atomic E-state index is -0.327. The highest BCUT2D eigenvalue weighted by molar-refractivity contribution is 6.30. The summed E-state index contributed by atoms with van der Waals surface area (Å²) < 4.78 is 0. The predicted octanol–water partition coefficient (Wildman–Crippen LogP) is 2.59. The number of nitrogens with zero attached hydrogens (tertiary/aromatic N) is 5. The Morgan fingerprint density at radius 3 is 2.45 bits per heavy atom. The van der Waals surface area contributed by atoms with Gasteiger partial charge in [-0.1, -0.05) is 29.8 Å². The molecule has 6 nitrogen and oxygen atoms in total. The third-order valence-electron chi connectivity index (χ3n) is 3.11. The molecule has 7 heteroatoms. The monoisotopic (exact) mass is 313 g/mol. The standard InChI is InChI=1S/C15H12ClN5O/c1-20(12-5-3-2-4-6-12)15(22)14-17-19-21(18-14)13-9-7-11(16)8-10-13/h2-10H,1H3. The Kier molecular flexibility index (Phi) is 3.84. The molecule has 0 unspecified atom stereocenters. The third kappa shape index (κ3) is 2.82. The van der Waals surface area contributed by atoms with E-state index in [1.165, 1.54) is 9.70 Å². The van der Waals surface area contributed by atoms with Gasteiger partial charge in [0.05, 0.1) is 5.69 Å². The van der Waals surface area contributed by atoms with E-state index in [0.717, 1.165) is 5.69 Å². The molecule has 0 radical (unpaired) electrons. The smallest absolute Gasteiger partial charge is 0.299 e. The lowest BCUT2D eigenvalue weighted by atomic mass is 10.3. The number of carbonyl (C=O) groups is 1. The van der Waals surface area contributed by atoms with Gasteiger partial charge in [0.15, 0.2) is 0 Å². The first-order valence-electron chi connectivity index (χ1n) is 6.54. The number of amides is 1. The first kappa shape index (κ1) is 14.2. The molecule has 2 aromatic carbocycles. The van der Waals surface area contributed by atoms with E-state index in [1.54, 1.807) is 31.3 Å². The van der Waals surface area contributed by atoms with Crippen molar-refractivity contribution in [3.8, 4) is 5.69 Å². The molecule has 3 aromatic rings. The molecule has 0 fully saturated rings. The number of aromatic nitrogens is 4. The lowest BCUT2D eigenvalue weighted by Gasteiger charge is -2.14. The highest BCUT2D eigenvalue weighted by Crippen LogP contribution is 2.14. The van der Waals surface area contributed by atoms with Crippen LogP contribution >= 0.6 is 11.6 Å². The van der Waals surface area contributed by atoms with E-state index in [0.29, 0.717) is 10.7 Å². The summed E-state index contributed by atoms with van der Waals surface area (Å²) in [4.78, 5) is 15.1. The van der Waals surface area contributed by atoms with Crippen molar-refractivity contribution in [1.29, 1.82) is 0 Å². The normalized spacial score (nSPS) is 10.5. The fraction of sp³-hybridized carbons (Fsp3) is 0.0667. The van der Waals surface area contributed by atoms with E-state index < -0.39 is 0 Å². The molecular formula is C15H12ClN5O. The molecule has 1 heterocycles. The van der Waals surface area contributed by atoms with Crippen molar-refractivity contribution in [3.05, 3.63) is 65.4 Å². The molecule has 0 spiro atoms. The van der Waals surface area contributed by atoms with Crippen molar-refractivity contribution < 1.29 is 4.79 Å². The van der Waals surface area contributed by atoms with E-state index in [2.05, 4.69) is 15.4 Å². The van der Waals surface area contributed by atoms with Crippen LogP contribution in [0.1, 0.15) is 10.6 Å². The van der Waals surface area contributed by atoms with Gasteiger partial charge in [-0.2, -0.15) is 0 Å². The highest BCUT2D eigenvalue weighted by Gasteiger charge is 2.19. The Labute approximate surface area is 131 Å². The number of halogens is 1. The molecule has 1 amide bonds. The number of hydrogen-bond acceptors (Lipinski definition) is 4. The summed E-state index contributed by atoms with van der Waals surface area (Å²) in [5.41, 5.74) is 1.44. The van der Waals surface area contributed by atoms with Crippen LogP contribution in [0.4, 0.5) is 5.69 Å². The Morgan fingerprint density at radius 2 is 1.77 bits per heavy atom. The molecule has 0 atom stereocenters. The number of anilines is 1. The zero-order valence-electron chi connectivity index (χ0n) is 11.7. The molecule has 0 N–H and O–H groups in total. The molecule has 110 valence electrons. The van der Waals surface area contributed by atoms with Crippen molar-refractivity contribution in [2.24, 2.45) is 0 Å². The molecule has 3 rings (SSSR count). The Hall–Kier alpha value is -2.73. The van der Waals surface area contributed by atoms with Crippen molar-refractivity contribution >= 4 is 23.2 Å². The number of benzene rings is 2. The number of tetrazole rings is 1. The van der Waals surface area contributed by atoms with Crippen LogP contribution in [0.5, 0.6) is 0 Å². The molecular weight excluding hydrogens is 302 g/mol. The van der Waals surface area contributed by atoms with Crippen LogP contribution in [0.15, 0.2) is 54.6 Å². The van der Waals surface area contributed by atoms with Crippen LogP contribution in [0.3, 0.4) is 0 Å². The molecule has 22 heavy (non-hydrogen) atoms. The van der Waals surface area contributed by atoms with Crippen LogP contribution < -0.4 is 4.90 Å². The van der Waals surface area contributed by atoms with Gasteiger partial charge in [0.1, 0.15) is 0 Å². The van der Waals surface area contributed by atoms with Crippen molar-refractivity contribution in [3.63, 3.8) is 0 Å². The Morgan fingerprint density at radius 1 is 1.09 bits per heavy atom. The van der Waals surface area contributed by atoms with Crippen LogP contribution in [-0.2, 0) is 0 Å². The van der Waals surface area contributed by atoms with E-state index >= 15 is 0 Å². The van der Waals surface area contributed by atoms with E-state index in [1.807, 2.05) is 30.3 Å². The second kappa shape index (κ2) is 5.95. The number of rotatable bonds is 3. The van der Waals surface area contributed by atoms with Crippen LogP contribution in [-0.4, -0.2) is 33.2 Å². The fourth-order valence-corrected chi connectivity index (χ4v) is 2.03. The molecule has 1 aromatic heterocycles. The lowest BCUT2D eigenvalue weighted by molar-refractivity contribution is 0.0983. The van der Waals surface area contributed by atoms with Gasteiger partial charge in [-0.15, -0.1) is 15.0 Å². The van der Waals surface area contributed by atoms with Gasteiger partial charge in [0.2, 0.25) is 0 Å². The number of para-hydroxylation sites is 1. The summed E-state index contributed by atoms with van der Waals surface area (Å²) in [7, 11) is 1.67. The summed E-state index contributed by atoms with van der Waals surface area (Å²) in [6.45, 7) is 0. The van der Waals surface area contributed by atoms with Crippen molar-refractivity contribution in [2.45, 2.75) is 0 Å². The van der Waals surface area contributed by atoms with Crippen LogP contribution in [0, 0.1) is 0 Å². The predicted molar refractivity (Wildman–Crippen MR) is 83.3 cm³/mol. The second-order valence-corrected chi connectivity index (χ2v) is 5.02. The first-order valence-corrected chi connectivity index (χ1v) is 6.92. The van der Waals surface area contributed by atoms with Crippen LogP contribution in [0.2, 0.25) is 5.02 Å². The minimum absolute atomic E-state index is 0.0290. The van der Waals surface area contributed by atoms with Crippen molar-refractivity contribution in [1.82, 2.24) is 20.2 Å². The van der Waals surface area contributed by atoms with E-state index in [9.17, 15) is 4.79 Å². The quantitative estimate of drug-likeness (QED) is 0.745. The van der Waals surface area contributed by atoms with Gasteiger partial charge in [0, 0.05) is 17.8 Å². The molecule has 0 saturated carbocycles. The average molecular weight is 314 g/mol. The number of carbonyl (C=O) groups excluding carboxylic acids is 1. The Bertz CT molecular complexity index is 785. The Balaban J connectivity index is 1.84. The molecule has 0 saturated heterocycles. The maximum atomic E-state index is 12.4. The summed E-state index contributed by atoms with van der Waals surface area (Å²) in [5, 5.41) is 12.4. The average Bonchev–Trinajstić information content (AvgIpc) is 3.05.